The molecule has 0 bridgehead atoms. The van der Waals surface area contributed by atoms with E-state index in [4.69, 9.17) is 0 Å². The van der Waals surface area contributed by atoms with Crippen LogP contribution < -0.4 is 4.90 Å². The van der Waals surface area contributed by atoms with E-state index < -0.39 is 0 Å². The minimum Gasteiger partial charge on any atom is -0.353 e. The molecule has 23 heavy (non-hydrogen) atoms. The minimum absolute atomic E-state index is 0.302. The molecule has 4 rings (SSSR count). The van der Waals surface area contributed by atoms with Crippen molar-refractivity contribution >= 4 is 11.7 Å². The van der Waals surface area contributed by atoms with Crippen molar-refractivity contribution in [2.24, 2.45) is 5.92 Å². The van der Waals surface area contributed by atoms with Gasteiger partial charge in [0.25, 0.3) is 0 Å². The topological polar surface area (TPSA) is 67.2 Å². The molecule has 0 N–H and O–H groups in total. The van der Waals surface area contributed by atoms with E-state index in [9.17, 15) is 4.79 Å². The molecular weight excluding hydrogens is 292 g/mol. The second-order valence-corrected chi connectivity index (χ2v) is 6.19. The zero-order chi connectivity index (χ0) is 15.8. The first-order chi connectivity index (χ1) is 11.2. The molecule has 2 aliphatic rings. The molecule has 1 saturated heterocycles. The lowest BCUT2D eigenvalue weighted by Crippen LogP contribution is -2.49. The van der Waals surface area contributed by atoms with Crippen molar-refractivity contribution in [3.63, 3.8) is 0 Å². The van der Waals surface area contributed by atoms with Gasteiger partial charge in [-0.05, 0) is 19.8 Å². The Labute approximate surface area is 135 Å². The number of rotatable bonds is 3. The number of hydrogen-bond donors (Lipinski definition) is 0. The summed E-state index contributed by atoms with van der Waals surface area (Å²) in [6.45, 7) is 5.09. The molecule has 3 heterocycles. The molecule has 0 spiro atoms. The van der Waals surface area contributed by atoms with E-state index in [1.807, 2.05) is 28.7 Å². The monoisotopic (exact) mass is 312 g/mol. The van der Waals surface area contributed by atoms with Crippen molar-refractivity contribution in [3.8, 4) is 5.82 Å². The van der Waals surface area contributed by atoms with Gasteiger partial charge in [0, 0.05) is 50.6 Å². The Hall–Kier alpha value is -2.44. The van der Waals surface area contributed by atoms with Crippen molar-refractivity contribution in [2.45, 2.75) is 19.8 Å². The summed E-state index contributed by atoms with van der Waals surface area (Å²) in [4.78, 5) is 29.5. The zero-order valence-electron chi connectivity index (χ0n) is 13.2. The number of carbonyl (C=O) groups excluding carboxylic acids is 1. The van der Waals surface area contributed by atoms with Crippen molar-refractivity contribution in [1.82, 2.24) is 24.4 Å². The normalized spacial score (nSPS) is 18.3. The van der Waals surface area contributed by atoms with Gasteiger partial charge in [0.2, 0.25) is 5.91 Å². The van der Waals surface area contributed by atoms with Gasteiger partial charge in [-0.15, -0.1) is 0 Å². The summed E-state index contributed by atoms with van der Waals surface area (Å²) in [6, 6.07) is 1.98. The van der Waals surface area contributed by atoms with Crippen molar-refractivity contribution in [2.75, 3.05) is 31.1 Å². The first-order valence-corrected chi connectivity index (χ1v) is 8.08. The lowest BCUT2D eigenvalue weighted by Gasteiger charge is -2.35. The predicted molar refractivity (Wildman–Crippen MR) is 85.4 cm³/mol. The zero-order valence-corrected chi connectivity index (χ0v) is 13.2. The van der Waals surface area contributed by atoms with Crippen LogP contribution in [0.1, 0.15) is 18.7 Å². The molecule has 0 radical (unpaired) electrons. The molecule has 1 aliphatic carbocycles. The SMILES string of the molecule is Cc1nc(N2CCN(C(=O)C3CC3)CC2)cc(-n2ccnc2)n1. The summed E-state index contributed by atoms with van der Waals surface area (Å²) in [6.07, 6.45) is 7.48. The number of anilines is 1. The number of piperazine rings is 1. The molecule has 2 fully saturated rings. The fourth-order valence-electron chi connectivity index (χ4n) is 2.97. The third-order valence-electron chi connectivity index (χ3n) is 4.42. The molecule has 0 unspecified atom stereocenters. The van der Waals surface area contributed by atoms with Gasteiger partial charge in [-0.1, -0.05) is 0 Å². The highest BCUT2D eigenvalue weighted by atomic mass is 16.2. The number of aryl methyl sites for hydroxylation is 1. The molecule has 1 amide bonds. The lowest BCUT2D eigenvalue weighted by molar-refractivity contribution is -0.132. The number of imidazole rings is 1. The summed E-state index contributed by atoms with van der Waals surface area (Å²) in [7, 11) is 0. The Morgan fingerprint density at radius 1 is 1.13 bits per heavy atom. The van der Waals surface area contributed by atoms with Gasteiger partial charge in [-0.3, -0.25) is 9.36 Å². The third kappa shape index (κ3) is 2.91. The average Bonchev–Trinajstić information content (AvgIpc) is 3.28. The molecule has 2 aromatic heterocycles. The molecule has 2 aromatic rings. The van der Waals surface area contributed by atoms with Crippen LogP contribution in [0.15, 0.2) is 24.8 Å². The Bertz CT molecular complexity index is 701. The second-order valence-electron chi connectivity index (χ2n) is 6.19. The van der Waals surface area contributed by atoms with Crippen LogP contribution in [0.2, 0.25) is 0 Å². The quantitative estimate of drug-likeness (QED) is 0.847. The van der Waals surface area contributed by atoms with Crippen LogP contribution in [0.5, 0.6) is 0 Å². The van der Waals surface area contributed by atoms with Crippen LogP contribution in [0.3, 0.4) is 0 Å². The van der Waals surface area contributed by atoms with Crippen LogP contribution in [0.25, 0.3) is 5.82 Å². The Morgan fingerprint density at radius 2 is 1.87 bits per heavy atom. The van der Waals surface area contributed by atoms with E-state index >= 15 is 0 Å². The maximum Gasteiger partial charge on any atom is 0.225 e. The molecule has 7 heteroatoms. The van der Waals surface area contributed by atoms with E-state index in [1.165, 1.54) is 0 Å². The van der Waals surface area contributed by atoms with Gasteiger partial charge in [0.05, 0.1) is 0 Å². The summed E-state index contributed by atoms with van der Waals surface area (Å²) >= 11 is 0. The van der Waals surface area contributed by atoms with E-state index in [0.29, 0.717) is 11.8 Å². The Kier molecular flexibility index (Phi) is 3.48. The first-order valence-electron chi connectivity index (χ1n) is 8.08. The number of amides is 1. The molecule has 1 aliphatic heterocycles. The number of aromatic nitrogens is 4. The molecular formula is C16H20N6O. The summed E-state index contributed by atoms with van der Waals surface area (Å²) in [5.74, 6) is 3.11. The Morgan fingerprint density at radius 3 is 2.52 bits per heavy atom. The van der Waals surface area contributed by atoms with Crippen LogP contribution in [0.4, 0.5) is 5.82 Å². The number of hydrogen-bond acceptors (Lipinski definition) is 5. The highest BCUT2D eigenvalue weighted by Crippen LogP contribution is 2.31. The van der Waals surface area contributed by atoms with Crippen LogP contribution in [0, 0.1) is 12.8 Å². The fourth-order valence-corrected chi connectivity index (χ4v) is 2.97. The number of carbonyl (C=O) groups is 1. The van der Waals surface area contributed by atoms with Gasteiger partial charge in [0.1, 0.15) is 23.8 Å². The fraction of sp³-hybridized carbons (Fsp3) is 0.500. The summed E-state index contributed by atoms with van der Waals surface area (Å²) in [5, 5.41) is 0. The summed E-state index contributed by atoms with van der Waals surface area (Å²) in [5.41, 5.74) is 0. The minimum atomic E-state index is 0.302. The lowest BCUT2D eigenvalue weighted by atomic mass is 10.2. The van der Waals surface area contributed by atoms with E-state index in [-0.39, 0.29) is 0 Å². The maximum atomic E-state index is 12.1. The van der Waals surface area contributed by atoms with E-state index in [2.05, 4.69) is 19.9 Å². The predicted octanol–water partition coefficient (Wildman–Crippen LogP) is 1.03. The van der Waals surface area contributed by atoms with Gasteiger partial charge in [-0.25, -0.2) is 15.0 Å². The van der Waals surface area contributed by atoms with Crippen LogP contribution in [-0.2, 0) is 4.79 Å². The van der Waals surface area contributed by atoms with Crippen molar-refractivity contribution in [1.29, 1.82) is 0 Å². The van der Waals surface area contributed by atoms with Gasteiger partial charge < -0.3 is 9.80 Å². The third-order valence-corrected chi connectivity index (χ3v) is 4.42. The van der Waals surface area contributed by atoms with E-state index in [0.717, 1.165) is 56.5 Å². The highest BCUT2D eigenvalue weighted by molar-refractivity contribution is 5.81. The molecule has 1 saturated carbocycles. The average molecular weight is 312 g/mol. The highest BCUT2D eigenvalue weighted by Gasteiger charge is 2.34. The van der Waals surface area contributed by atoms with Crippen molar-refractivity contribution in [3.05, 3.63) is 30.6 Å². The smallest absolute Gasteiger partial charge is 0.225 e. The van der Waals surface area contributed by atoms with Crippen molar-refractivity contribution < 1.29 is 4.79 Å². The standard InChI is InChI=1S/C16H20N6O/c1-12-18-14(10-15(19-12)22-5-4-17-11-22)20-6-8-21(9-7-20)16(23)13-2-3-13/h4-5,10-11,13H,2-3,6-9H2,1H3. The van der Waals surface area contributed by atoms with Crippen LogP contribution in [-0.4, -0.2) is 56.5 Å². The maximum absolute atomic E-state index is 12.1. The first kappa shape index (κ1) is 14.2. The van der Waals surface area contributed by atoms with E-state index in [1.54, 1.807) is 12.5 Å². The Balaban J connectivity index is 1.49. The molecule has 120 valence electrons. The summed E-state index contributed by atoms with van der Waals surface area (Å²) < 4.78 is 1.88. The van der Waals surface area contributed by atoms with Crippen LogP contribution >= 0.6 is 0 Å². The van der Waals surface area contributed by atoms with Gasteiger partial charge in [0.15, 0.2) is 0 Å². The second kappa shape index (κ2) is 5.64. The van der Waals surface area contributed by atoms with Gasteiger partial charge >= 0.3 is 0 Å². The number of nitrogens with zero attached hydrogens (tertiary/aromatic N) is 6. The molecule has 0 aromatic carbocycles. The largest absolute Gasteiger partial charge is 0.353 e. The molecule has 0 atom stereocenters. The molecule has 7 nitrogen and oxygen atoms in total. The van der Waals surface area contributed by atoms with Gasteiger partial charge in [-0.2, -0.15) is 0 Å².